The average Bonchev–Trinajstić information content (AvgIpc) is 3.49. The van der Waals surface area contributed by atoms with Crippen LogP contribution >= 0.6 is 23.2 Å². The van der Waals surface area contributed by atoms with Crippen molar-refractivity contribution in [3.63, 3.8) is 0 Å². The number of unbranched alkanes of at least 4 members (excludes halogenated alkanes) is 2. The second-order valence-corrected chi connectivity index (χ2v) is 14.6. The summed E-state index contributed by atoms with van der Waals surface area (Å²) in [5.74, 6) is -0.283. The molecule has 1 atom stereocenters. The van der Waals surface area contributed by atoms with Crippen molar-refractivity contribution in [2.75, 3.05) is 24.7 Å². The number of aryl methyl sites for hydroxylation is 1. The van der Waals surface area contributed by atoms with Crippen LogP contribution in [-0.2, 0) is 19.0 Å². The van der Waals surface area contributed by atoms with Crippen LogP contribution in [0.2, 0.25) is 10.0 Å². The monoisotopic (exact) mass is 705 g/mol. The molecule has 0 bridgehead atoms. The van der Waals surface area contributed by atoms with Crippen LogP contribution in [0.1, 0.15) is 82.8 Å². The first-order chi connectivity index (χ1) is 23.2. The van der Waals surface area contributed by atoms with E-state index in [0.717, 1.165) is 59.8 Å². The first kappa shape index (κ1) is 35.7. The molecule has 11 heteroatoms. The molecule has 1 aliphatic rings. The Balaban J connectivity index is 1.48. The van der Waals surface area contributed by atoms with Gasteiger partial charge in [0.25, 0.3) is 11.8 Å². The van der Waals surface area contributed by atoms with Crippen molar-refractivity contribution in [2.45, 2.75) is 71.5 Å². The van der Waals surface area contributed by atoms with Gasteiger partial charge in [-0.1, -0.05) is 80.2 Å². The molecule has 48 heavy (non-hydrogen) atoms. The molecule has 254 valence electrons. The summed E-state index contributed by atoms with van der Waals surface area (Å²) in [6.07, 6.45) is 4.44. The third-order valence-electron chi connectivity index (χ3n) is 8.97. The molecule has 0 fully saturated rings. The summed E-state index contributed by atoms with van der Waals surface area (Å²) in [5.41, 5.74) is 6.33. The molecule has 0 radical (unpaired) electrons. The van der Waals surface area contributed by atoms with E-state index < -0.39 is 9.68 Å². The summed E-state index contributed by atoms with van der Waals surface area (Å²) in [6.45, 7) is 7.79. The van der Waals surface area contributed by atoms with Gasteiger partial charge >= 0.3 is 0 Å². The van der Waals surface area contributed by atoms with Gasteiger partial charge in [-0.2, -0.15) is 5.10 Å². The minimum atomic E-state index is -0.834. The summed E-state index contributed by atoms with van der Waals surface area (Å²) in [5, 5.41) is 16.3. The molecule has 8 nitrogen and oxygen atoms in total. The Morgan fingerprint density at radius 3 is 2.40 bits per heavy atom. The number of nitrogens with zero attached hydrogens (tertiary/aromatic N) is 4. The zero-order valence-corrected chi connectivity index (χ0v) is 30.9. The number of aromatic nitrogens is 2. The van der Waals surface area contributed by atoms with Gasteiger partial charge in [0.2, 0.25) is 0 Å². The predicted molar refractivity (Wildman–Crippen MR) is 197 cm³/mol. The van der Waals surface area contributed by atoms with E-state index in [1.807, 2.05) is 72.5 Å². The van der Waals surface area contributed by atoms with E-state index in [0.29, 0.717) is 53.0 Å². The fraction of sp³-hybridized carbons (Fsp3) is 0.378. The highest BCUT2D eigenvalue weighted by atomic mass is 35.5. The van der Waals surface area contributed by atoms with Gasteiger partial charge in [0.05, 0.1) is 33.9 Å². The quantitative estimate of drug-likeness (QED) is 0.141. The second-order valence-electron chi connectivity index (χ2n) is 12.5. The van der Waals surface area contributed by atoms with Crippen molar-refractivity contribution in [1.82, 2.24) is 19.6 Å². The molecule has 2 heterocycles. The van der Waals surface area contributed by atoms with Crippen molar-refractivity contribution < 1.29 is 14.7 Å². The number of benzene rings is 3. The lowest BCUT2D eigenvalue weighted by Gasteiger charge is -2.36. The predicted octanol–water partition coefficient (Wildman–Crippen LogP) is 6.79. The number of amides is 2. The molecule has 1 unspecified atom stereocenters. The minimum absolute atomic E-state index is 0.0915. The Labute approximate surface area is 295 Å². The molecule has 0 aliphatic carbocycles. The highest BCUT2D eigenvalue weighted by molar-refractivity contribution is 6.42. The van der Waals surface area contributed by atoms with Gasteiger partial charge in [0.15, 0.2) is 5.69 Å². The molecule has 1 aliphatic heterocycles. The van der Waals surface area contributed by atoms with Gasteiger partial charge in [0.1, 0.15) is 9.68 Å². The molecule has 0 spiro atoms. The summed E-state index contributed by atoms with van der Waals surface area (Å²) < 4.78 is 1.71. The van der Waals surface area contributed by atoms with Crippen LogP contribution in [-0.4, -0.2) is 71.9 Å². The Kier molecular flexibility index (Phi) is 12.4. The highest BCUT2D eigenvalue weighted by Gasteiger charge is 2.32. The van der Waals surface area contributed by atoms with Crippen LogP contribution < -0.4 is 4.98 Å². The molecule has 0 saturated heterocycles. The molecule has 5 rings (SSSR count). The largest absolute Gasteiger partial charge is 0.415 e. The number of aliphatic hydroxyl groups is 1. The van der Waals surface area contributed by atoms with Gasteiger partial charge in [0, 0.05) is 31.0 Å². The first-order valence-corrected chi connectivity index (χ1v) is 19.4. The third-order valence-corrected chi connectivity index (χ3v) is 11.2. The zero-order chi connectivity index (χ0) is 34.2. The zero-order valence-electron chi connectivity index (χ0n) is 28.0. The van der Waals surface area contributed by atoms with Gasteiger partial charge < -0.3 is 19.9 Å². The number of hydrogen-bond donors (Lipinski definition) is 2. The SMILES string of the molecule is CCCCN(CCCC)C(=O)c1cc(C)n(-c2ccc(N[SiH2]Cc3ccc(Cl)c(Cl)c3)cc2C(=O)N2Cc3ccccc3CC2CO)n1. The number of aliphatic hydroxyl groups excluding tert-OH is 1. The molecule has 2 N–H and O–H groups in total. The van der Waals surface area contributed by atoms with Crippen molar-refractivity contribution in [3.05, 3.63) is 110 Å². The van der Waals surface area contributed by atoms with E-state index in [9.17, 15) is 14.7 Å². The van der Waals surface area contributed by atoms with E-state index in [-0.39, 0.29) is 24.5 Å². The van der Waals surface area contributed by atoms with Crippen LogP contribution in [0.15, 0.2) is 66.7 Å². The Morgan fingerprint density at radius 1 is 0.979 bits per heavy atom. The Bertz CT molecular complexity index is 1740. The molecular weight excluding hydrogens is 661 g/mol. The normalized spacial score (nSPS) is 14.4. The molecule has 2 amide bonds. The van der Waals surface area contributed by atoms with Crippen molar-refractivity contribution in [1.29, 1.82) is 0 Å². The molecule has 4 aromatic rings. The number of halogens is 2. The van der Waals surface area contributed by atoms with Gasteiger partial charge in [-0.05, 0) is 85.3 Å². The van der Waals surface area contributed by atoms with Gasteiger partial charge in [-0.3, -0.25) is 9.59 Å². The van der Waals surface area contributed by atoms with Crippen LogP contribution in [0, 0.1) is 6.92 Å². The molecular formula is C37H45Cl2N5O3Si. The fourth-order valence-electron chi connectivity index (χ4n) is 6.19. The van der Waals surface area contributed by atoms with Gasteiger partial charge in [-0.15, -0.1) is 0 Å². The molecule has 0 saturated carbocycles. The van der Waals surface area contributed by atoms with Crippen LogP contribution in [0.3, 0.4) is 0 Å². The summed E-state index contributed by atoms with van der Waals surface area (Å²) in [7, 11) is -0.834. The fourth-order valence-corrected chi connectivity index (χ4v) is 7.74. The third kappa shape index (κ3) is 8.32. The Hall–Kier alpha value is -3.63. The number of fused-ring (bicyclic) bond motifs is 1. The lowest BCUT2D eigenvalue weighted by Crippen LogP contribution is -2.46. The minimum Gasteiger partial charge on any atom is -0.415 e. The van der Waals surface area contributed by atoms with Crippen LogP contribution in [0.25, 0.3) is 5.69 Å². The average molecular weight is 707 g/mol. The van der Waals surface area contributed by atoms with E-state index in [1.165, 1.54) is 0 Å². The number of nitrogens with one attached hydrogen (secondary N) is 1. The number of rotatable bonds is 14. The number of carbonyl (C=O) groups excluding carboxylic acids is 2. The van der Waals surface area contributed by atoms with E-state index in [1.54, 1.807) is 9.58 Å². The maximum Gasteiger partial charge on any atom is 0.274 e. The number of hydrogen-bond acceptors (Lipinski definition) is 5. The molecule has 3 aromatic carbocycles. The smallest absolute Gasteiger partial charge is 0.274 e. The van der Waals surface area contributed by atoms with Crippen molar-refractivity contribution in [3.8, 4) is 5.69 Å². The molecule has 1 aromatic heterocycles. The first-order valence-electron chi connectivity index (χ1n) is 16.9. The topological polar surface area (TPSA) is 90.7 Å². The van der Waals surface area contributed by atoms with Gasteiger partial charge in [-0.25, -0.2) is 4.68 Å². The Morgan fingerprint density at radius 2 is 1.71 bits per heavy atom. The highest BCUT2D eigenvalue weighted by Crippen LogP contribution is 2.29. The lowest BCUT2D eigenvalue weighted by molar-refractivity contribution is 0.0544. The van der Waals surface area contributed by atoms with Crippen LogP contribution in [0.4, 0.5) is 5.69 Å². The summed E-state index contributed by atoms with van der Waals surface area (Å²) in [4.78, 5) is 35.5. The van der Waals surface area contributed by atoms with Crippen LogP contribution in [0.5, 0.6) is 0 Å². The number of carbonyl (C=O) groups is 2. The maximum absolute atomic E-state index is 14.5. The van der Waals surface area contributed by atoms with E-state index in [2.05, 4.69) is 24.9 Å². The van der Waals surface area contributed by atoms with Crippen molar-refractivity contribution in [2.24, 2.45) is 0 Å². The summed E-state index contributed by atoms with van der Waals surface area (Å²) in [6, 6.07) is 21.8. The van der Waals surface area contributed by atoms with E-state index in [4.69, 9.17) is 28.3 Å². The van der Waals surface area contributed by atoms with E-state index >= 15 is 0 Å². The second kappa shape index (κ2) is 16.7. The number of anilines is 1. The summed E-state index contributed by atoms with van der Waals surface area (Å²) >= 11 is 12.3. The maximum atomic E-state index is 14.5. The van der Waals surface area contributed by atoms with Crippen molar-refractivity contribution >= 4 is 50.4 Å². The standard InChI is InChI=1S/C37H45Cl2N5O3Si/c1-4-6-16-42(17-7-5-2)37(47)34-18-25(3)44(40-34)35-15-13-29(41-48-24-26-12-14-32(38)33(39)19-26)21-31(35)36(46)43-22-28-11-9-8-10-27(28)20-30(43)23-45/h8-15,18-19,21,30,41,45H,4-7,16-17,20,22-24,48H2,1-3H3. The lowest BCUT2D eigenvalue weighted by atomic mass is 9.93.